The smallest absolute Gasteiger partial charge is 0.330 e. The van der Waals surface area contributed by atoms with Crippen LogP contribution in [0.25, 0.3) is 28.0 Å². The lowest BCUT2D eigenvalue weighted by molar-refractivity contribution is -0.137. The Labute approximate surface area is 187 Å². The summed E-state index contributed by atoms with van der Waals surface area (Å²) in [5.41, 5.74) is 6.84. The van der Waals surface area contributed by atoms with Gasteiger partial charge in [-0.15, -0.1) is 0 Å². The number of nitrogens with zero attached hydrogens (tertiary/aromatic N) is 5. The maximum Gasteiger partial charge on any atom is 0.417 e. The molecule has 0 aliphatic rings. The van der Waals surface area contributed by atoms with Crippen LogP contribution >= 0.6 is 0 Å². The van der Waals surface area contributed by atoms with Crippen molar-refractivity contribution in [1.29, 1.82) is 0 Å². The molecular weight excluding hydrogens is 436 g/mol. The van der Waals surface area contributed by atoms with Crippen molar-refractivity contribution in [3.05, 3.63) is 66.2 Å². The number of alkyl halides is 3. The van der Waals surface area contributed by atoms with Crippen LogP contribution < -0.4 is 10.2 Å². The van der Waals surface area contributed by atoms with Gasteiger partial charge in [-0.05, 0) is 49.0 Å². The number of quaternary nitrogens is 1. The second-order valence-electron chi connectivity index (χ2n) is 8.30. The zero-order valence-electron chi connectivity index (χ0n) is 18.1. The molecule has 2 N–H and O–H groups in total. The number of pyridine rings is 1. The van der Waals surface area contributed by atoms with Gasteiger partial charge in [0.2, 0.25) is 0 Å². The van der Waals surface area contributed by atoms with Gasteiger partial charge in [0.1, 0.15) is 5.82 Å². The van der Waals surface area contributed by atoms with Gasteiger partial charge in [-0.2, -0.15) is 28.2 Å². The molecule has 3 heterocycles. The highest BCUT2D eigenvalue weighted by Crippen LogP contribution is 2.35. The Morgan fingerprint density at radius 3 is 2.42 bits per heavy atom. The number of benzene rings is 1. The van der Waals surface area contributed by atoms with Crippen LogP contribution in [0.15, 0.2) is 54.9 Å². The van der Waals surface area contributed by atoms with Crippen LogP contribution in [0, 0.1) is 5.82 Å². The molecule has 0 aliphatic heterocycles. The average Bonchev–Trinajstić information content (AvgIpc) is 3.21. The van der Waals surface area contributed by atoms with Gasteiger partial charge in [-0.25, -0.2) is 8.91 Å². The van der Waals surface area contributed by atoms with Crippen LogP contribution in [-0.4, -0.2) is 46.8 Å². The lowest BCUT2D eigenvalue weighted by Crippen LogP contribution is -2.43. The Morgan fingerprint density at radius 1 is 1.03 bits per heavy atom. The highest BCUT2D eigenvalue weighted by Gasteiger charge is 2.33. The number of halogens is 4. The number of hydrogen-bond acceptors (Lipinski definition) is 4. The molecule has 0 saturated carbocycles. The van der Waals surface area contributed by atoms with E-state index in [0.29, 0.717) is 46.0 Å². The largest absolute Gasteiger partial charge is 0.417 e. The van der Waals surface area contributed by atoms with Crippen LogP contribution in [0.1, 0.15) is 12.0 Å². The highest BCUT2D eigenvalue weighted by molar-refractivity contribution is 5.82. The molecular formula is C23H23F4N6+. The van der Waals surface area contributed by atoms with Crippen molar-refractivity contribution < 1.29 is 17.6 Å². The maximum atomic E-state index is 13.7. The van der Waals surface area contributed by atoms with Crippen molar-refractivity contribution in [3.8, 4) is 22.5 Å². The van der Waals surface area contributed by atoms with Gasteiger partial charge in [0.15, 0.2) is 0 Å². The van der Waals surface area contributed by atoms with E-state index in [0.717, 1.165) is 18.7 Å². The fourth-order valence-electron chi connectivity index (χ4n) is 3.59. The second-order valence-corrected chi connectivity index (χ2v) is 8.30. The van der Waals surface area contributed by atoms with Crippen LogP contribution in [0.2, 0.25) is 0 Å². The molecule has 0 amide bonds. The Morgan fingerprint density at radius 2 is 1.76 bits per heavy atom. The number of nitrogens with two attached hydrogens (primary N) is 1. The Kier molecular flexibility index (Phi) is 5.89. The zero-order chi connectivity index (χ0) is 23.8. The van der Waals surface area contributed by atoms with E-state index in [2.05, 4.69) is 15.1 Å². The molecule has 0 fully saturated rings. The van der Waals surface area contributed by atoms with Crippen molar-refractivity contribution >= 4 is 11.5 Å². The first-order chi connectivity index (χ1) is 15.6. The summed E-state index contributed by atoms with van der Waals surface area (Å²) >= 11 is 0. The minimum atomic E-state index is -4.57. The Hall–Kier alpha value is -3.37. The summed E-state index contributed by atoms with van der Waals surface area (Å²) in [5, 5.41) is 4.32. The first kappa shape index (κ1) is 22.8. The highest BCUT2D eigenvalue weighted by atomic mass is 19.4. The fourth-order valence-corrected chi connectivity index (χ4v) is 3.59. The monoisotopic (exact) mass is 459 g/mol. The van der Waals surface area contributed by atoms with Gasteiger partial charge >= 0.3 is 12.1 Å². The van der Waals surface area contributed by atoms with E-state index < -0.39 is 17.6 Å². The fraction of sp³-hybridized carbons (Fsp3) is 0.261. The number of rotatable bonds is 6. The first-order valence-corrected chi connectivity index (χ1v) is 10.3. The molecule has 4 rings (SSSR count). The van der Waals surface area contributed by atoms with Crippen molar-refractivity contribution in [1.82, 2.24) is 24.1 Å². The molecule has 1 aromatic carbocycles. The standard InChI is InChI=1S/C23H23F4N6/c1-33(2,11-3-9-28)22-29-10-8-19(30-22)18-12-16(23(25,26)27)14-32-21(18)13-20(31-32)15-4-6-17(24)7-5-15/h4-8,10,12-14H,3,9,11,28H2,1-2H3/q+1. The Bertz CT molecular complexity index is 1280. The van der Waals surface area contributed by atoms with Crippen molar-refractivity contribution in [2.75, 3.05) is 27.2 Å². The molecule has 6 nitrogen and oxygen atoms in total. The van der Waals surface area contributed by atoms with Crippen molar-refractivity contribution in [2.24, 2.45) is 5.73 Å². The summed E-state index contributed by atoms with van der Waals surface area (Å²) in [6.45, 7) is 1.19. The number of hydrogen-bond donors (Lipinski definition) is 1. The molecule has 0 aliphatic carbocycles. The van der Waals surface area contributed by atoms with E-state index in [4.69, 9.17) is 5.73 Å². The molecule has 0 bridgehead atoms. The summed E-state index contributed by atoms with van der Waals surface area (Å²) in [5.74, 6) is 0.0567. The van der Waals surface area contributed by atoms with E-state index in [-0.39, 0.29) is 5.56 Å². The Balaban J connectivity index is 1.89. The molecule has 10 heteroatoms. The van der Waals surface area contributed by atoms with Gasteiger partial charge in [0, 0.05) is 29.9 Å². The van der Waals surface area contributed by atoms with Crippen molar-refractivity contribution in [2.45, 2.75) is 12.6 Å². The lowest BCUT2D eigenvalue weighted by atomic mass is 10.1. The van der Waals surface area contributed by atoms with Gasteiger partial charge < -0.3 is 5.73 Å². The third kappa shape index (κ3) is 4.71. The quantitative estimate of drug-likeness (QED) is 0.340. The summed E-state index contributed by atoms with van der Waals surface area (Å²) in [7, 11) is 3.84. The first-order valence-electron chi connectivity index (χ1n) is 10.3. The van der Waals surface area contributed by atoms with Crippen molar-refractivity contribution in [3.63, 3.8) is 0 Å². The van der Waals surface area contributed by atoms with Crippen LogP contribution in [0.3, 0.4) is 0 Å². The van der Waals surface area contributed by atoms with E-state index in [1.165, 1.54) is 35.0 Å². The molecule has 0 radical (unpaired) electrons. The third-order valence-electron chi connectivity index (χ3n) is 5.42. The molecule has 0 atom stereocenters. The minimum Gasteiger partial charge on any atom is -0.330 e. The van der Waals surface area contributed by atoms with E-state index in [9.17, 15) is 17.6 Å². The SMILES string of the molecule is C[N+](C)(CCCN)c1nccc(-c2cc(C(F)(F)F)cn3nc(-c4ccc(F)cc4)cc23)n1. The average molecular weight is 459 g/mol. The third-order valence-corrected chi connectivity index (χ3v) is 5.42. The molecule has 33 heavy (non-hydrogen) atoms. The van der Waals surface area contributed by atoms with Gasteiger partial charge in [0.05, 0.1) is 43.1 Å². The topological polar surface area (TPSA) is 69.1 Å². The second kappa shape index (κ2) is 8.53. The maximum absolute atomic E-state index is 13.7. The van der Waals surface area contributed by atoms with Crippen LogP contribution in [-0.2, 0) is 6.18 Å². The van der Waals surface area contributed by atoms with Crippen LogP contribution in [0.5, 0.6) is 0 Å². The summed E-state index contributed by atoms with van der Waals surface area (Å²) in [6, 6.07) is 9.92. The predicted octanol–water partition coefficient (Wildman–Crippen LogP) is 4.53. The van der Waals surface area contributed by atoms with Gasteiger partial charge in [-0.1, -0.05) is 0 Å². The normalized spacial score (nSPS) is 12.5. The summed E-state index contributed by atoms with van der Waals surface area (Å²) in [6.07, 6.45) is -1.35. The van der Waals surface area contributed by atoms with E-state index in [1.54, 1.807) is 12.1 Å². The molecule has 0 spiro atoms. The summed E-state index contributed by atoms with van der Waals surface area (Å²) in [4.78, 5) is 8.94. The molecule has 3 aromatic heterocycles. The number of aromatic nitrogens is 4. The molecule has 4 aromatic rings. The van der Waals surface area contributed by atoms with Crippen LogP contribution in [0.4, 0.5) is 23.5 Å². The zero-order valence-corrected chi connectivity index (χ0v) is 18.1. The summed E-state index contributed by atoms with van der Waals surface area (Å²) < 4.78 is 55.8. The van der Waals surface area contributed by atoms with E-state index in [1.807, 2.05) is 14.1 Å². The number of fused-ring (bicyclic) bond motifs is 1. The molecule has 0 unspecified atom stereocenters. The molecule has 172 valence electrons. The minimum absolute atomic E-state index is 0.271. The molecule has 0 saturated heterocycles. The predicted molar refractivity (Wildman–Crippen MR) is 119 cm³/mol. The van der Waals surface area contributed by atoms with Gasteiger partial charge in [-0.3, -0.25) is 4.48 Å². The van der Waals surface area contributed by atoms with E-state index >= 15 is 0 Å². The lowest BCUT2D eigenvalue weighted by Gasteiger charge is -2.26. The van der Waals surface area contributed by atoms with Gasteiger partial charge in [0.25, 0.3) is 0 Å².